The Kier molecular flexibility index (Phi) is 2.70. The summed E-state index contributed by atoms with van der Waals surface area (Å²) in [6.07, 6.45) is -0.470. The SMILES string of the molecule is COc1c(CC(=O)O)[nH]c(=O)[nH]c1=O. The van der Waals surface area contributed by atoms with E-state index in [2.05, 4.69) is 9.72 Å². The van der Waals surface area contributed by atoms with Gasteiger partial charge < -0.3 is 14.8 Å². The summed E-state index contributed by atoms with van der Waals surface area (Å²) in [5.74, 6) is -1.35. The molecule has 0 saturated heterocycles. The summed E-state index contributed by atoms with van der Waals surface area (Å²) in [4.78, 5) is 36.4. The van der Waals surface area contributed by atoms with Crippen molar-refractivity contribution in [3.05, 3.63) is 26.5 Å². The number of ether oxygens (including phenoxy) is 1. The lowest BCUT2D eigenvalue weighted by Gasteiger charge is -2.03. The Hall–Kier alpha value is -2.05. The molecule has 76 valence electrons. The van der Waals surface area contributed by atoms with Crippen molar-refractivity contribution < 1.29 is 14.6 Å². The number of hydrogen-bond acceptors (Lipinski definition) is 4. The van der Waals surface area contributed by atoms with Gasteiger partial charge in [-0.3, -0.25) is 14.6 Å². The van der Waals surface area contributed by atoms with Crippen LogP contribution in [0.1, 0.15) is 5.69 Å². The van der Waals surface area contributed by atoms with Crippen molar-refractivity contribution in [2.75, 3.05) is 7.11 Å². The molecule has 1 aromatic rings. The Labute approximate surface area is 77.4 Å². The van der Waals surface area contributed by atoms with Gasteiger partial charge in [0.15, 0.2) is 0 Å². The highest BCUT2D eigenvalue weighted by Crippen LogP contribution is 2.06. The molecule has 0 spiro atoms. The molecule has 0 aliphatic rings. The highest BCUT2D eigenvalue weighted by atomic mass is 16.5. The molecule has 14 heavy (non-hydrogen) atoms. The van der Waals surface area contributed by atoms with E-state index in [1.165, 1.54) is 7.11 Å². The van der Waals surface area contributed by atoms with Crippen molar-refractivity contribution in [2.45, 2.75) is 6.42 Å². The van der Waals surface area contributed by atoms with Crippen LogP contribution in [0, 0.1) is 0 Å². The van der Waals surface area contributed by atoms with E-state index in [4.69, 9.17) is 5.11 Å². The van der Waals surface area contributed by atoms with Crippen LogP contribution in [0.2, 0.25) is 0 Å². The molecule has 0 aromatic carbocycles. The topological polar surface area (TPSA) is 112 Å². The number of nitrogens with one attached hydrogen (secondary N) is 2. The van der Waals surface area contributed by atoms with Crippen LogP contribution in [0.25, 0.3) is 0 Å². The normalized spacial score (nSPS) is 9.79. The van der Waals surface area contributed by atoms with Crippen LogP contribution >= 0.6 is 0 Å². The van der Waals surface area contributed by atoms with Gasteiger partial charge in [-0.2, -0.15) is 0 Å². The van der Waals surface area contributed by atoms with Crippen LogP contribution in [-0.2, 0) is 11.2 Å². The first kappa shape index (κ1) is 10.0. The molecule has 0 saturated carbocycles. The number of methoxy groups -OCH3 is 1. The van der Waals surface area contributed by atoms with Crippen LogP contribution < -0.4 is 16.0 Å². The van der Waals surface area contributed by atoms with Gasteiger partial charge in [-0.1, -0.05) is 0 Å². The number of aromatic nitrogens is 2. The van der Waals surface area contributed by atoms with E-state index in [9.17, 15) is 14.4 Å². The summed E-state index contributed by atoms with van der Waals surface area (Å²) in [7, 11) is 1.22. The molecule has 7 nitrogen and oxygen atoms in total. The van der Waals surface area contributed by atoms with E-state index in [1.54, 1.807) is 0 Å². The molecule has 0 bridgehead atoms. The highest BCUT2D eigenvalue weighted by molar-refractivity contribution is 5.70. The average Bonchev–Trinajstić information content (AvgIpc) is 2.01. The van der Waals surface area contributed by atoms with Gasteiger partial charge in [0, 0.05) is 0 Å². The Morgan fingerprint density at radius 3 is 2.57 bits per heavy atom. The maximum Gasteiger partial charge on any atom is 0.326 e. The number of aliphatic carboxylic acids is 1. The number of hydrogen-bond donors (Lipinski definition) is 3. The highest BCUT2D eigenvalue weighted by Gasteiger charge is 2.12. The second-order valence-corrected chi connectivity index (χ2v) is 2.49. The van der Waals surface area contributed by atoms with Crippen LogP contribution in [0.5, 0.6) is 5.75 Å². The Morgan fingerprint density at radius 2 is 2.07 bits per heavy atom. The molecule has 1 rings (SSSR count). The first-order valence-corrected chi connectivity index (χ1v) is 3.66. The number of carboxylic acid groups (broad SMARTS) is 1. The predicted molar refractivity (Wildman–Crippen MR) is 45.6 cm³/mol. The van der Waals surface area contributed by atoms with Crippen LogP contribution in [-0.4, -0.2) is 28.2 Å². The molecule has 1 heterocycles. The Morgan fingerprint density at radius 1 is 1.43 bits per heavy atom. The fourth-order valence-electron chi connectivity index (χ4n) is 1.01. The first-order chi connectivity index (χ1) is 6.54. The molecule has 0 fully saturated rings. The van der Waals surface area contributed by atoms with E-state index in [0.29, 0.717) is 0 Å². The van der Waals surface area contributed by atoms with Gasteiger partial charge in [-0.25, -0.2) is 4.79 Å². The summed E-state index contributed by atoms with van der Waals surface area (Å²) in [5.41, 5.74) is -1.55. The van der Waals surface area contributed by atoms with Gasteiger partial charge >= 0.3 is 11.7 Å². The number of carbonyl (C=O) groups is 1. The number of carboxylic acids is 1. The first-order valence-electron chi connectivity index (χ1n) is 3.66. The largest absolute Gasteiger partial charge is 0.490 e. The van der Waals surface area contributed by atoms with Crippen molar-refractivity contribution in [1.29, 1.82) is 0 Å². The molecule has 0 radical (unpaired) electrons. The zero-order valence-corrected chi connectivity index (χ0v) is 7.29. The third-order valence-corrected chi connectivity index (χ3v) is 1.50. The fourth-order valence-corrected chi connectivity index (χ4v) is 1.01. The standard InChI is InChI=1S/C7H8N2O5/c1-14-5-3(2-4(10)11)8-7(13)9-6(5)12/h2H2,1H3,(H,10,11)(H2,8,9,12,13). The van der Waals surface area contributed by atoms with Gasteiger partial charge in [-0.05, 0) is 0 Å². The van der Waals surface area contributed by atoms with Crippen molar-refractivity contribution in [1.82, 2.24) is 9.97 Å². The molecule has 0 aliphatic heterocycles. The van der Waals surface area contributed by atoms with Gasteiger partial charge in [0.25, 0.3) is 5.56 Å². The smallest absolute Gasteiger partial charge is 0.326 e. The summed E-state index contributed by atoms with van der Waals surface area (Å²) < 4.78 is 4.65. The molecular weight excluding hydrogens is 192 g/mol. The quantitative estimate of drug-likeness (QED) is 0.561. The predicted octanol–water partition coefficient (Wildman–Crippen LogP) is -1.30. The maximum atomic E-state index is 11.1. The van der Waals surface area contributed by atoms with E-state index < -0.39 is 23.6 Å². The third-order valence-electron chi connectivity index (χ3n) is 1.50. The number of H-pyrrole nitrogens is 2. The maximum absolute atomic E-state index is 11.1. The lowest BCUT2D eigenvalue weighted by molar-refractivity contribution is -0.136. The molecular formula is C7H8N2O5. The second-order valence-electron chi connectivity index (χ2n) is 2.49. The molecule has 7 heteroatoms. The van der Waals surface area contributed by atoms with Crippen LogP contribution in [0.15, 0.2) is 9.59 Å². The summed E-state index contributed by atoms with van der Waals surface area (Å²) in [6, 6.07) is 0. The van der Waals surface area contributed by atoms with Gasteiger partial charge in [0.1, 0.15) is 0 Å². The van der Waals surface area contributed by atoms with E-state index in [-0.39, 0.29) is 11.4 Å². The summed E-state index contributed by atoms with van der Waals surface area (Å²) in [5, 5.41) is 8.48. The summed E-state index contributed by atoms with van der Waals surface area (Å²) >= 11 is 0. The Bertz CT molecular complexity index is 458. The van der Waals surface area contributed by atoms with Gasteiger partial charge in [-0.15, -0.1) is 0 Å². The van der Waals surface area contributed by atoms with Crippen molar-refractivity contribution >= 4 is 5.97 Å². The average molecular weight is 200 g/mol. The van der Waals surface area contributed by atoms with Crippen molar-refractivity contribution in [3.63, 3.8) is 0 Å². The number of aromatic amines is 2. The molecule has 0 aliphatic carbocycles. The van der Waals surface area contributed by atoms with Gasteiger partial charge in [0.05, 0.1) is 19.2 Å². The van der Waals surface area contributed by atoms with Crippen molar-refractivity contribution in [2.24, 2.45) is 0 Å². The Balaban J connectivity index is 3.32. The lowest BCUT2D eigenvalue weighted by atomic mass is 10.3. The van der Waals surface area contributed by atoms with Crippen LogP contribution in [0.3, 0.4) is 0 Å². The van der Waals surface area contributed by atoms with Crippen molar-refractivity contribution in [3.8, 4) is 5.75 Å². The van der Waals surface area contributed by atoms with E-state index in [0.717, 1.165) is 0 Å². The summed E-state index contributed by atoms with van der Waals surface area (Å²) in [6.45, 7) is 0. The molecule has 0 unspecified atom stereocenters. The lowest BCUT2D eigenvalue weighted by Crippen LogP contribution is -2.26. The second kappa shape index (κ2) is 3.77. The molecule has 0 amide bonds. The third kappa shape index (κ3) is 2.00. The molecule has 0 atom stereocenters. The van der Waals surface area contributed by atoms with E-state index >= 15 is 0 Å². The zero-order valence-electron chi connectivity index (χ0n) is 7.29. The molecule has 1 aromatic heterocycles. The molecule has 3 N–H and O–H groups in total. The minimum absolute atomic E-state index is 0.0475. The fraction of sp³-hybridized carbons (Fsp3) is 0.286. The van der Waals surface area contributed by atoms with Gasteiger partial charge in [0.2, 0.25) is 5.75 Å². The van der Waals surface area contributed by atoms with Crippen LogP contribution in [0.4, 0.5) is 0 Å². The minimum Gasteiger partial charge on any atom is -0.490 e. The number of rotatable bonds is 3. The minimum atomic E-state index is -1.16. The van der Waals surface area contributed by atoms with E-state index in [1.807, 2.05) is 4.98 Å². The zero-order chi connectivity index (χ0) is 10.7. The monoisotopic (exact) mass is 200 g/mol.